The van der Waals surface area contributed by atoms with Gasteiger partial charge in [0.05, 0.1) is 17.6 Å². The van der Waals surface area contributed by atoms with E-state index in [2.05, 4.69) is 63.6 Å². The van der Waals surface area contributed by atoms with Crippen LogP contribution in [0, 0.1) is 0 Å². The van der Waals surface area contributed by atoms with Crippen molar-refractivity contribution in [1.82, 2.24) is 4.31 Å². The van der Waals surface area contributed by atoms with Gasteiger partial charge in [0.1, 0.15) is 0 Å². The maximum Gasteiger partial charge on any atom is 0.211 e. The van der Waals surface area contributed by atoms with Crippen molar-refractivity contribution in [2.75, 3.05) is 60.6 Å². The van der Waals surface area contributed by atoms with Gasteiger partial charge in [-0.1, -0.05) is 12.1 Å². The Morgan fingerprint density at radius 3 is 2.37 bits per heavy atom. The van der Waals surface area contributed by atoms with E-state index >= 15 is 0 Å². The van der Waals surface area contributed by atoms with Gasteiger partial charge >= 0.3 is 0 Å². The molecule has 0 saturated carbocycles. The molecule has 1 saturated heterocycles. The van der Waals surface area contributed by atoms with Crippen LogP contribution in [0.4, 0.5) is 22.7 Å². The van der Waals surface area contributed by atoms with E-state index in [1.165, 1.54) is 23.3 Å². The van der Waals surface area contributed by atoms with Gasteiger partial charge < -0.3 is 15.1 Å². The van der Waals surface area contributed by atoms with E-state index in [0.29, 0.717) is 13.1 Å². The van der Waals surface area contributed by atoms with Crippen molar-refractivity contribution in [2.24, 2.45) is 0 Å². The smallest absolute Gasteiger partial charge is 0.211 e. The third-order valence-corrected chi connectivity index (χ3v) is 6.60. The molecule has 6 nitrogen and oxygen atoms in total. The Hall–Kier alpha value is -2.25. The molecule has 0 atom stereocenters. The van der Waals surface area contributed by atoms with E-state index in [1.54, 1.807) is 4.31 Å². The summed E-state index contributed by atoms with van der Waals surface area (Å²) >= 11 is 0. The summed E-state index contributed by atoms with van der Waals surface area (Å²) in [6, 6.07) is 17.0. The fraction of sp³-hybridized carbons (Fsp3) is 0.400. The summed E-state index contributed by atoms with van der Waals surface area (Å²) in [4.78, 5) is 4.62. The predicted molar refractivity (Wildman–Crippen MR) is 112 cm³/mol. The molecule has 2 aliphatic heterocycles. The van der Waals surface area contributed by atoms with Crippen LogP contribution in [0.2, 0.25) is 0 Å². The number of nitrogens with zero attached hydrogens (tertiary/aromatic N) is 3. The Bertz CT molecular complexity index is 898. The zero-order valence-electron chi connectivity index (χ0n) is 15.6. The van der Waals surface area contributed by atoms with E-state index in [4.69, 9.17) is 0 Å². The molecule has 2 aromatic carbocycles. The predicted octanol–water partition coefficient (Wildman–Crippen LogP) is 2.72. The average molecular weight is 387 g/mol. The molecular weight excluding hydrogens is 360 g/mol. The lowest BCUT2D eigenvalue weighted by molar-refractivity contribution is 0.437. The van der Waals surface area contributed by atoms with E-state index in [9.17, 15) is 8.42 Å². The molecule has 0 spiro atoms. The molecule has 1 fully saturated rings. The highest BCUT2D eigenvalue weighted by atomic mass is 32.2. The molecular formula is C20H26N4O2S. The van der Waals surface area contributed by atoms with Crippen molar-refractivity contribution < 1.29 is 8.42 Å². The third-order valence-electron chi connectivity index (χ3n) is 5.30. The SMILES string of the molecule is CS(=O)(=O)N1CCCN(c2ccc(N3CCNc4ccccc43)cc2)CC1. The minimum absolute atomic E-state index is 0.547. The van der Waals surface area contributed by atoms with E-state index in [-0.39, 0.29) is 0 Å². The highest BCUT2D eigenvalue weighted by Crippen LogP contribution is 2.35. The van der Waals surface area contributed by atoms with Crippen LogP contribution in [0.25, 0.3) is 0 Å². The number of hydrogen-bond donors (Lipinski definition) is 1. The monoisotopic (exact) mass is 386 g/mol. The zero-order valence-corrected chi connectivity index (χ0v) is 16.5. The number of sulfonamides is 1. The lowest BCUT2D eigenvalue weighted by Crippen LogP contribution is -2.34. The van der Waals surface area contributed by atoms with E-state index < -0.39 is 10.0 Å². The zero-order chi connectivity index (χ0) is 18.9. The summed E-state index contributed by atoms with van der Waals surface area (Å²) in [5.74, 6) is 0. The summed E-state index contributed by atoms with van der Waals surface area (Å²) < 4.78 is 25.2. The van der Waals surface area contributed by atoms with E-state index in [0.717, 1.165) is 38.3 Å². The van der Waals surface area contributed by atoms with Gasteiger partial charge in [0, 0.05) is 50.6 Å². The summed E-state index contributed by atoms with van der Waals surface area (Å²) in [5, 5.41) is 3.45. The van der Waals surface area contributed by atoms with Gasteiger partial charge in [-0.15, -0.1) is 0 Å². The molecule has 2 heterocycles. The Kier molecular flexibility index (Phi) is 4.97. The maximum absolute atomic E-state index is 11.8. The molecule has 27 heavy (non-hydrogen) atoms. The standard InChI is InChI=1S/C20H26N4O2S/c1-27(25,26)23-13-4-12-22(15-16-23)17-7-9-18(10-8-17)24-14-11-21-19-5-2-3-6-20(19)24/h2-3,5-10,21H,4,11-16H2,1H3. The average Bonchev–Trinajstić information content (AvgIpc) is 2.94. The van der Waals surface area contributed by atoms with Crippen LogP contribution in [-0.2, 0) is 10.0 Å². The number of rotatable bonds is 3. The van der Waals surface area contributed by atoms with Gasteiger partial charge in [0.2, 0.25) is 10.0 Å². The highest BCUT2D eigenvalue weighted by molar-refractivity contribution is 7.88. The second kappa shape index (κ2) is 7.40. The van der Waals surface area contributed by atoms with E-state index in [1.807, 2.05) is 0 Å². The van der Waals surface area contributed by atoms with Crippen LogP contribution in [0.1, 0.15) is 6.42 Å². The molecule has 4 rings (SSSR count). The van der Waals surface area contributed by atoms with Crippen molar-refractivity contribution in [3.8, 4) is 0 Å². The minimum Gasteiger partial charge on any atom is -0.382 e. The number of nitrogens with one attached hydrogen (secondary N) is 1. The van der Waals surface area contributed by atoms with Crippen molar-refractivity contribution in [1.29, 1.82) is 0 Å². The number of anilines is 4. The van der Waals surface area contributed by atoms with Crippen LogP contribution in [0.3, 0.4) is 0 Å². The van der Waals surface area contributed by atoms with Gasteiger partial charge in [-0.3, -0.25) is 0 Å². The van der Waals surface area contributed by atoms with Crippen molar-refractivity contribution >= 4 is 32.8 Å². The summed E-state index contributed by atoms with van der Waals surface area (Å²) in [6.07, 6.45) is 2.14. The quantitative estimate of drug-likeness (QED) is 0.879. The van der Waals surface area contributed by atoms with Crippen LogP contribution < -0.4 is 15.1 Å². The normalized spacial score (nSPS) is 18.6. The molecule has 0 radical (unpaired) electrons. The molecule has 7 heteroatoms. The molecule has 0 bridgehead atoms. The Morgan fingerprint density at radius 1 is 0.852 bits per heavy atom. The second-order valence-electron chi connectivity index (χ2n) is 7.11. The molecule has 2 aliphatic rings. The summed E-state index contributed by atoms with van der Waals surface area (Å²) in [6.45, 7) is 4.61. The van der Waals surface area contributed by atoms with Gasteiger partial charge in [-0.05, 0) is 42.8 Å². The van der Waals surface area contributed by atoms with Crippen LogP contribution in [0.15, 0.2) is 48.5 Å². The first kappa shape index (κ1) is 18.1. The molecule has 0 amide bonds. The largest absolute Gasteiger partial charge is 0.382 e. The highest BCUT2D eigenvalue weighted by Gasteiger charge is 2.22. The summed E-state index contributed by atoms with van der Waals surface area (Å²) in [7, 11) is -3.11. The number of fused-ring (bicyclic) bond motifs is 1. The molecule has 1 N–H and O–H groups in total. The second-order valence-corrected chi connectivity index (χ2v) is 9.10. The molecule has 0 aliphatic carbocycles. The van der Waals surface area contributed by atoms with Gasteiger partial charge in [-0.25, -0.2) is 12.7 Å². The lowest BCUT2D eigenvalue weighted by atomic mass is 10.1. The molecule has 2 aromatic rings. The van der Waals surface area contributed by atoms with Crippen molar-refractivity contribution in [3.63, 3.8) is 0 Å². The van der Waals surface area contributed by atoms with Gasteiger partial charge in [-0.2, -0.15) is 0 Å². The van der Waals surface area contributed by atoms with Crippen molar-refractivity contribution in [3.05, 3.63) is 48.5 Å². The fourth-order valence-corrected chi connectivity index (χ4v) is 4.75. The lowest BCUT2D eigenvalue weighted by Gasteiger charge is -2.32. The minimum atomic E-state index is -3.11. The molecule has 0 aromatic heterocycles. The number of para-hydroxylation sites is 2. The number of hydrogen-bond acceptors (Lipinski definition) is 5. The van der Waals surface area contributed by atoms with Crippen molar-refractivity contribution in [2.45, 2.75) is 6.42 Å². The third kappa shape index (κ3) is 3.89. The molecule has 0 unspecified atom stereocenters. The Labute approximate surface area is 161 Å². The summed E-state index contributed by atoms with van der Waals surface area (Å²) in [5.41, 5.74) is 4.70. The van der Waals surface area contributed by atoms with Gasteiger partial charge in [0.25, 0.3) is 0 Å². The van der Waals surface area contributed by atoms with Crippen LogP contribution in [-0.4, -0.2) is 58.2 Å². The van der Waals surface area contributed by atoms with Crippen LogP contribution in [0.5, 0.6) is 0 Å². The first-order valence-corrected chi connectivity index (χ1v) is 11.3. The number of benzene rings is 2. The Morgan fingerprint density at radius 2 is 1.59 bits per heavy atom. The van der Waals surface area contributed by atoms with Crippen LogP contribution >= 0.6 is 0 Å². The first-order valence-electron chi connectivity index (χ1n) is 9.43. The van der Waals surface area contributed by atoms with Gasteiger partial charge in [0.15, 0.2) is 0 Å². The maximum atomic E-state index is 11.8. The molecule has 144 valence electrons. The first-order chi connectivity index (χ1) is 13.0. The Balaban J connectivity index is 1.50. The fourth-order valence-electron chi connectivity index (χ4n) is 3.88. The topological polar surface area (TPSA) is 55.9 Å².